The van der Waals surface area contributed by atoms with Gasteiger partial charge in [0.05, 0.1) is 29.3 Å². The van der Waals surface area contributed by atoms with Crippen LogP contribution in [0.4, 0.5) is 14.5 Å². The number of fused-ring (bicyclic) bond motifs is 1. The summed E-state index contributed by atoms with van der Waals surface area (Å²) in [6.07, 6.45) is 3.01. The molecule has 3 aromatic rings. The van der Waals surface area contributed by atoms with Gasteiger partial charge >= 0.3 is 5.97 Å². The molecular weight excluding hydrogens is 560 g/mol. The number of hydrogen-bond donors (Lipinski definition) is 0. The summed E-state index contributed by atoms with van der Waals surface area (Å²) in [5.74, 6) is -0.991. The number of allylic oxidation sites excluding steroid dienone is 1. The monoisotopic (exact) mass is 587 g/mol. The van der Waals surface area contributed by atoms with Gasteiger partial charge in [-0.3, -0.25) is 9.10 Å². The molecule has 10 heteroatoms. The lowest BCUT2D eigenvalue weighted by Gasteiger charge is -2.35. The van der Waals surface area contributed by atoms with Crippen LogP contribution < -0.4 is 9.04 Å². The Bertz CT molecular complexity index is 1580. The van der Waals surface area contributed by atoms with E-state index in [2.05, 4.69) is 0 Å². The molecule has 5 rings (SSSR count). The molecule has 3 aromatic carbocycles. The minimum Gasteiger partial charge on any atom is -0.486 e. The summed E-state index contributed by atoms with van der Waals surface area (Å²) in [5, 5.41) is 0.260. The maximum atomic E-state index is 14.5. The third kappa shape index (κ3) is 5.71. The van der Waals surface area contributed by atoms with Crippen LogP contribution in [0.15, 0.2) is 59.5 Å². The van der Waals surface area contributed by atoms with Crippen LogP contribution in [0.3, 0.4) is 0 Å². The first kappa shape index (κ1) is 28.1. The first-order valence-corrected chi connectivity index (χ1v) is 14.7. The predicted octanol–water partition coefficient (Wildman–Crippen LogP) is 6.97. The lowest BCUT2D eigenvalue weighted by atomic mass is 10.0. The van der Waals surface area contributed by atoms with E-state index >= 15 is 0 Å². The minimum absolute atomic E-state index is 0.0184. The SMILES string of the molecule is COC(=O)CCC1CN(S(=O)(=O)c2ccc(F)c(C3CC3)c2)c2cc(C=C(C)c3c(F)cccc3Cl)ccc2O1. The molecule has 1 heterocycles. The fourth-order valence-electron chi connectivity index (χ4n) is 4.89. The van der Waals surface area contributed by atoms with Gasteiger partial charge in [-0.05, 0) is 91.3 Å². The quantitative estimate of drug-likeness (QED) is 0.210. The Morgan fingerprint density at radius 2 is 1.90 bits per heavy atom. The smallest absolute Gasteiger partial charge is 0.305 e. The molecule has 2 aliphatic rings. The molecule has 0 bridgehead atoms. The predicted molar refractivity (Wildman–Crippen MR) is 150 cm³/mol. The van der Waals surface area contributed by atoms with Crippen molar-refractivity contribution in [1.29, 1.82) is 0 Å². The minimum atomic E-state index is -4.14. The highest BCUT2D eigenvalue weighted by molar-refractivity contribution is 7.92. The number of sulfonamides is 1. The highest BCUT2D eigenvalue weighted by atomic mass is 35.5. The van der Waals surface area contributed by atoms with Gasteiger partial charge in [0.15, 0.2) is 0 Å². The molecular formula is C30H28ClF2NO5S. The summed E-state index contributed by atoms with van der Waals surface area (Å²) < 4.78 is 69.0. The zero-order valence-electron chi connectivity index (χ0n) is 22.0. The highest BCUT2D eigenvalue weighted by Crippen LogP contribution is 2.43. The lowest BCUT2D eigenvalue weighted by molar-refractivity contribution is -0.141. The van der Waals surface area contributed by atoms with Gasteiger partial charge in [0, 0.05) is 12.0 Å². The van der Waals surface area contributed by atoms with Crippen molar-refractivity contribution < 1.29 is 31.5 Å². The Balaban J connectivity index is 1.55. The molecule has 0 N–H and O–H groups in total. The molecule has 1 fully saturated rings. The van der Waals surface area contributed by atoms with Crippen LogP contribution in [-0.4, -0.2) is 34.1 Å². The van der Waals surface area contributed by atoms with E-state index in [1.165, 1.54) is 41.7 Å². The number of rotatable bonds is 8. The summed E-state index contributed by atoms with van der Waals surface area (Å²) in [7, 11) is -2.85. The molecule has 0 spiro atoms. The summed E-state index contributed by atoms with van der Waals surface area (Å²) in [5.41, 5.74) is 2.09. The van der Waals surface area contributed by atoms with E-state index in [0.717, 1.165) is 12.8 Å². The van der Waals surface area contributed by atoms with Crippen LogP contribution in [0.25, 0.3) is 11.6 Å². The van der Waals surface area contributed by atoms with Gasteiger partial charge < -0.3 is 9.47 Å². The van der Waals surface area contributed by atoms with Crippen molar-refractivity contribution in [2.45, 2.75) is 49.5 Å². The molecule has 6 nitrogen and oxygen atoms in total. The van der Waals surface area contributed by atoms with Crippen LogP contribution in [0.2, 0.25) is 5.02 Å². The molecule has 0 radical (unpaired) electrons. The summed E-state index contributed by atoms with van der Waals surface area (Å²) in [4.78, 5) is 11.7. The van der Waals surface area contributed by atoms with Gasteiger partial charge in [0.2, 0.25) is 0 Å². The Labute approximate surface area is 237 Å². The Hall–Kier alpha value is -3.43. The van der Waals surface area contributed by atoms with E-state index in [0.29, 0.717) is 22.4 Å². The molecule has 0 aromatic heterocycles. The number of benzene rings is 3. The van der Waals surface area contributed by atoms with Crippen LogP contribution in [0.5, 0.6) is 5.75 Å². The molecule has 1 saturated carbocycles. The number of hydrogen-bond acceptors (Lipinski definition) is 5. The number of methoxy groups -OCH3 is 1. The Kier molecular flexibility index (Phi) is 7.88. The Morgan fingerprint density at radius 3 is 2.60 bits per heavy atom. The maximum Gasteiger partial charge on any atom is 0.305 e. The summed E-state index contributed by atoms with van der Waals surface area (Å²) >= 11 is 6.24. The topological polar surface area (TPSA) is 72.9 Å². The average Bonchev–Trinajstić information content (AvgIpc) is 3.77. The summed E-state index contributed by atoms with van der Waals surface area (Å²) in [6, 6.07) is 13.3. The number of anilines is 1. The summed E-state index contributed by atoms with van der Waals surface area (Å²) in [6.45, 7) is 1.66. The molecule has 210 valence electrons. The fourth-order valence-corrected chi connectivity index (χ4v) is 6.74. The maximum absolute atomic E-state index is 14.5. The second-order valence-corrected chi connectivity index (χ2v) is 12.3. The van der Waals surface area contributed by atoms with Crippen molar-refractivity contribution in [2.24, 2.45) is 0 Å². The van der Waals surface area contributed by atoms with Crippen LogP contribution in [0, 0.1) is 11.6 Å². The van der Waals surface area contributed by atoms with Crippen molar-refractivity contribution in [1.82, 2.24) is 0 Å². The molecule has 1 aliphatic carbocycles. The van der Waals surface area contributed by atoms with Gasteiger partial charge in [-0.1, -0.05) is 29.8 Å². The fraction of sp³-hybridized carbons (Fsp3) is 0.300. The van der Waals surface area contributed by atoms with Crippen LogP contribution in [-0.2, 0) is 19.6 Å². The normalized spacial score (nSPS) is 17.3. The number of halogens is 3. The van der Waals surface area contributed by atoms with Gasteiger partial charge in [-0.15, -0.1) is 0 Å². The molecule has 1 atom stereocenters. The van der Waals surface area contributed by atoms with Crippen molar-refractivity contribution in [3.8, 4) is 5.75 Å². The molecule has 40 heavy (non-hydrogen) atoms. The number of nitrogens with zero attached hydrogens (tertiary/aromatic N) is 1. The first-order chi connectivity index (χ1) is 19.1. The van der Waals surface area contributed by atoms with E-state index in [-0.39, 0.29) is 46.5 Å². The first-order valence-electron chi connectivity index (χ1n) is 12.9. The van der Waals surface area contributed by atoms with Gasteiger partial charge in [0.25, 0.3) is 10.0 Å². The van der Waals surface area contributed by atoms with E-state index in [9.17, 15) is 22.0 Å². The molecule has 0 amide bonds. The van der Waals surface area contributed by atoms with Crippen molar-refractivity contribution >= 4 is 44.9 Å². The van der Waals surface area contributed by atoms with Gasteiger partial charge in [-0.2, -0.15) is 0 Å². The molecule has 1 aliphatic heterocycles. The second kappa shape index (κ2) is 11.2. The number of ether oxygens (including phenoxy) is 2. The zero-order chi connectivity index (χ0) is 28.6. The third-order valence-corrected chi connectivity index (χ3v) is 9.22. The molecule has 1 unspecified atom stereocenters. The number of carbonyl (C=O) groups excluding carboxylic acids is 1. The standard InChI is InChI=1S/C30H28ClF2NO5S/c1-18(30-24(31)4-3-5-26(30)33)14-19-6-12-28-27(15-19)34(17-21(39-28)9-13-29(35)38-2)40(36,37)22-10-11-25(32)23(16-22)20-7-8-20/h3-6,10-12,14-16,20-21H,7-9,13,17H2,1-2H3. The zero-order valence-corrected chi connectivity index (χ0v) is 23.6. The van der Waals surface area contributed by atoms with E-state index in [4.69, 9.17) is 21.1 Å². The van der Waals surface area contributed by atoms with Crippen molar-refractivity contribution in [2.75, 3.05) is 18.0 Å². The van der Waals surface area contributed by atoms with Crippen molar-refractivity contribution in [3.63, 3.8) is 0 Å². The van der Waals surface area contributed by atoms with Gasteiger partial charge in [-0.25, -0.2) is 17.2 Å². The highest BCUT2D eigenvalue weighted by Gasteiger charge is 2.36. The Morgan fingerprint density at radius 1 is 1.12 bits per heavy atom. The van der Waals surface area contributed by atoms with Crippen molar-refractivity contribution in [3.05, 3.63) is 87.9 Å². The van der Waals surface area contributed by atoms with E-state index in [1.807, 2.05) is 0 Å². The average molecular weight is 588 g/mol. The van der Waals surface area contributed by atoms with Crippen LogP contribution >= 0.6 is 11.6 Å². The molecule has 0 saturated heterocycles. The third-order valence-electron chi connectivity index (χ3n) is 7.13. The lowest BCUT2D eigenvalue weighted by Crippen LogP contribution is -2.43. The number of carbonyl (C=O) groups is 1. The second-order valence-electron chi connectivity index (χ2n) is 10.00. The van der Waals surface area contributed by atoms with E-state index in [1.54, 1.807) is 37.3 Å². The van der Waals surface area contributed by atoms with Crippen LogP contribution in [0.1, 0.15) is 55.2 Å². The number of esters is 1. The van der Waals surface area contributed by atoms with Gasteiger partial charge in [0.1, 0.15) is 23.5 Å². The largest absolute Gasteiger partial charge is 0.486 e. The van der Waals surface area contributed by atoms with E-state index < -0.39 is 33.7 Å².